The van der Waals surface area contributed by atoms with Crippen LogP contribution in [0.4, 0.5) is 0 Å². The first-order chi connectivity index (χ1) is 11.9. The molecule has 0 aromatic heterocycles. The van der Waals surface area contributed by atoms with E-state index in [2.05, 4.69) is 6.07 Å². The van der Waals surface area contributed by atoms with Crippen LogP contribution in [0.1, 0.15) is 29.2 Å². The van der Waals surface area contributed by atoms with Crippen molar-refractivity contribution in [2.75, 3.05) is 20.5 Å². The van der Waals surface area contributed by atoms with Crippen LogP contribution in [-0.4, -0.2) is 34.3 Å². The maximum absolute atomic E-state index is 13.5. The van der Waals surface area contributed by atoms with Crippen molar-refractivity contribution < 1.29 is 18.0 Å². The van der Waals surface area contributed by atoms with Crippen molar-refractivity contribution in [2.45, 2.75) is 34.6 Å². The quantitative estimate of drug-likeness (QED) is 0.521. The average Bonchev–Trinajstić information content (AvgIpc) is 2.55. The van der Waals surface area contributed by atoms with Crippen LogP contribution >= 0.6 is 0 Å². The Bertz CT molecular complexity index is 784. The molecule has 0 fully saturated rings. The van der Waals surface area contributed by atoms with E-state index in [9.17, 15) is 3.83 Å². The summed E-state index contributed by atoms with van der Waals surface area (Å²) in [6.45, 7) is 10.6. The Labute approximate surface area is 154 Å². The standard InChI is InChI=1S/C20H26O4Se/c1-7-23-19-15(4)8-13(2)10-17(19)25(21)18-11-14(3)9-16(5)20(18)24-12-22-6/h8-11H,7,12H2,1-6H3. The van der Waals surface area contributed by atoms with Crippen LogP contribution in [0.25, 0.3) is 0 Å². The van der Waals surface area contributed by atoms with Crippen LogP contribution in [0.2, 0.25) is 0 Å². The third-order valence-corrected chi connectivity index (χ3v) is 6.73. The molecule has 25 heavy (non-hydrogen) atoms. The van der Waals surface area contributed by atoms with E-state index in [1.54, 1.807) is 7.11 Å². The zero-order valence-corrected chi connectivity index (χ0v) is 17.5. The molecule has 0 bridgehead atoms. The number of methoxy groups -OCH3 is 1. The van der Waals surface area contributed by atoms with Gasteiger partial charge < -0.3 is 0 Å². The van der Waals surface area contributed by atoms with Gasteiger partial charge in [0.05, 0.1) is 0 Å². The molecule has 4 nitrogen and oxygen atoms in total. The second-order valence-electron chi connectivity index (χ2n) is 6.07. The maximum atomic E-state index is 13.5. The summed E-state index contributed by atoms with van der Waals surface area (Å²) in [5, 5.41) is 0. The third kappa shape index (κ3) is 4.49. The van der Waals surface area contributed by atoms with Gasteiger partial charge in [0.15, 0.2) is 0 Å². The van der Waals surface area contributed by atoms with E-state index in [4.69, 9.17) is 14.2 Å². The summed E-state index contributed by atoms with van der Waals surface area (Å²) in [5.74, 6) is 1.37. The van der Waals surface area contributed by atoms with Gasteiger partial charge in [-0.15, -0.1) is 0 Å². The van der Waals surface area contributed by atoms with Crippen molar-refractivity contribution in [3.05, 3.63) is 46.5 Å². The zero-order valence-electron chi connectivity index (χ0n) is 15.8. The second kappa shape index (κ2) is 8.61. The van der Waals surface area contributed by atoms with E-state index in [1.165, 1.54) is 0 Å². The van der Waals surface area contributed by atoms with E-state index in [0.717, 1.165) is 36.9 Å². The summed E-state index contributed by atoms with van der Waals surface area (Å²) >= 11 is -2.57. The summed E-state index contributed by atoms with van der Waals surface area (Å²) < 4.78 is 31.6. The van der Waals surface area contributed by atoms with Gasteiger partial charge in [-0.05, 0) is 0 Å². The summed E-state index contributed by atoms with van der Waals surface area (Å²) in [5.41, 5.74) is 4.10. The number of hydrogen-bond acceptors (Lipinski definition) is 4. The van der Waals surface area contributed by atoms with E-state index in [-0.39, 0.29) is 6.79 Å². The van der Waals surface area contributed by atoms with Gasteiger partial charge in [0.25, 0.3) is 0 Å². The molecule has 0 saturated heterocycles. The van der Waals surface area contributed by atoms with Crippen LogP contribution in [0.3, 0.4) is 0 Å². The van der Waals surface area contributed by atoms with Crippen molar-refractivity contribution >= 4 is 22.8 Å². The molecule has 0 saturated carbocycles. The first-order valence-electron chi connectivity index (χ1n) is 8.27. The minimum atomic E-state index is -2.57. The predicted octanol–water partition coefficient (Wildman–Crippen LogP) is 2.84. The molecule has 136 valence electrons. The molecular formula is C20H26O4Se. The Balaban J connectivity index is 2.61. The number of benzene rings is 2. The molecule has 2 aromatic carbocycles. The molecule has 1 atom stereocenters. The number of aryl methyl sites for hydroxylation is 4. The Kier molecular flexibility index (Phi) is 6.77. The fraction of sp³-hybridized carbons (Fsp3) is 0.400. The first-order valence-corrected chi connectivity index (χ1v) is 10.7. The third-order valence-electron chi connectivity index (χ3n) is 3.78. The van der Waals surface area contributed by atoms with Gasteiger partial charge >= 0.3 is 154 Å². The van der Waals surface area contributed by atoms with E-state index in [0.29, 0.717) is 12.4 Å². The van der Waals surface area contributed by atoms with Gasteiger partial charge in [-0.1, -0.05) is 0 Å². The van der Waals surface area contributed by atoms with Gasteiger partial charge in [-0.2, -0.15) is 0 Å². The van der Waals surface area contributed by atoms with E-state index in [1.807, 2.05) is 52.8 Å². The Morgan fingerprint density at radius 3 is 1.76 bits per heavy atom. The molecule has 5 heteroatoms. The van der Waals surface area contributed by atoms with Gasteiger partial charge in [-0.3, -0.25) is 0 Å². The van der Waals surface area contributed by atoms with Gasteiger partial charge in [-0.25, -0.2) is 0 Å². The minimum absolute atomic E-state index is 0.126. The second-order valence-corrected chi connectivity index (χ2v) is 9.04. The SMILES string of the molecule is CCOc1c(C)cc(C)cc1[Se](=O)c1cc(C)cc(C)c1OCOC. The van der Waals surface area contributed by atoms with Crippen molar-refractivity contribution in [3.63, 3.8) is 0 Å². The van der Waals surface area contributed by atoms with Crippen molar-refractivity contribution in [3.8, 4) is 11.5 Å². The molecular weight excluding hydrogens is 383 g/mol. The molecule has 0 aliphatic heterocycles. The topological polar surface area (TPSA) is 44.8 Å². The Morgan fingerprint density at radius 2 is 1.32 bits per heavy atom. The molecule has 0 N–H and O–H groups in total. The first kappa shape index (κ1) is 19.6. The Hall–Kier alpha value is -1.68. The van der Waals surface area contributed by atoms with Gasteiger partial charge in [0, 0.05) is 0 Å². The summed E-state index contributed by atoms with van der Waals surface area (Å²) in [7, 11) is 1.57. The summed E-state index contributed by atoms with van der Waals surface area (Å²) in [6, 6.07) is 7.99. The fourth-order valence-corrected chi connectivity index (χ4v) is 6.21. The normalized spacial score (nSPS) is 12.1. The Morgan fingerprint density at radius 1 is 0.840 bits per heavy atom. The molecule has 0 aliphatic rings. The van der Waals surface area contributed by atoms with E-state index < -0.39 is 13.8 Å². The predicted molar refractivity (Wildman–Crippen MR) is 101 cm³/mol. The van der Waals surface area contributed by atoms with Crippen LogP contribution < -0.4 is 18.4 Å². The number of ether oxygens (including phenoxy) is 3. The van der Waals surface area contributed by atoms with Crippen LogP contribution in [0.15, 0.2) is 24.3 Å². The molecule has 0 spiro atoms. The average molecular weight is 409 g/mol. The van der Waals surface area contributed by atoms with Crippen molar-refractivity contribution in [1.29, 1.82) is 0 Å². The fourth-order valence-electron chi connectivity index (χ4n) is 2.86. The van der Waals surface area contributed by atoms with Crippen LogP contribution in [0.5, 0.6) is 11.5 Å². The summed E-state index contributed by atoms with van der Waals surface area (Å²) in [6.07, 6.45) is 0. The van der Waals surface area contributed by atoms with Gasteiger partial charge in [0.2, 0.25) is 0 Å². The molecule has 2 aromatic rings. The van der Waals surface area contributed by atoms with Crippen molar-refractivity contribution in [2.24, 2.45) is 0 Å². The molecule has 0 amide bonds. The zero-order chi connectivity index (χ0) is 18.6. The summed E-state index contributed by atoms with van der Waals surface area (Å²) in [4.78, 5) is 0. The molecule has 2 rings (SSSR count). The molecule has 1 unspecified atom stereocenters. The van der Waals surface area contributed by atoms with Gasteiger partial charge in [0.1, 0.15) is 0 Å². The molecule has 0 heterocycles. The van der Waals surface area contributed by atoms with Crippen LogP contribution in [0, 0.1) is 27.7 Å². The molecule has 0 radical (unpaired) electrons. The van der Waals surface area contributed by atoms with E-state index >= 15 is 0 Å². The van der Waals surface area contributed by atoms with Crippen LogP contribution in [-0.2, 0) is 8.57 Å². The molecule has 0 aliphatic carbocycles. The monoisotopic (exact) mass is 410 g/mol. The van der Waals surface area contributed by atoms with Crippen molar-refractivity contribution in [1.82, 2.24) is 0 Å². The number of hydrogen-bond donors (Lipinski definition) is 0. The number of rotatable bonds is 7.